The number of halogens is 3. The number of nitrogens with zero attached hydrogens (tertiary/aromatic N) is 1. The van der Waals surface area contributed by atoms with Gasteiger partial charge in [-0.1, -0.05) is 12.1 Å². The highest BCUT2D eigenvalue weighted by Gasteiger charge is 2.18. The molecule has 0 aliphatic rings. The summed E-state index contributed by atoms with van der Waals surface area (Å²) >= 11 is 0. The Morgan fingerprint density at radius 1 is 1.14 bits per heavy atom. The Bertz CT molecular complexity index is 691. The predicted octanol–water partition coefficient (Wildman–Crippen LogP) is 3.19. The molecule has 1 N–H and O–H groups in total. The number of rotatable bonds is 4. The van der Waals surface area contributed by atoms with E-state index in [1.807, 2.05) is 0 Å². The molecule has 0 aliphatic heterocycles. The van der Waals surface area contributed by atoms with Crippen LogP contribution in [0.1, 0.15) is 18.1 Å². The van der Waals surface area contributed by atoms with E-state index in [0.717, 1.165) is 23.1 Å². The van der Waals surface area contributed by atoms with E-state index < -0.39 is 29.5 Å². The van der Waals surface area contributed by atoms with Crippen molar-refractivity contribution in [1.29, 1.82) is 0 Å². The van der Waals surface area contributed by atoms with E-state index >= 15 is 0 Å². The minimum absolute atomic E-state index is 0.162. The average Bonchev–Trinajstić information content (AvgIpc) is 2.49. The van der Waals surface area contributed by atoms with Crippen molar-refractivity contribution in [2.75, 3.05) is 11.9 Å². The number of hydrogen-bond acceptors (Lipinski definition) is 2. The highest BCUT2D eigenvalue weighted by molar-refractivity contribution is 5.93. The minimum Gasteiger partial charge on any atom is -0.388 e. The maximum atomic E-state index is 13.2. The zero-order valence-corrected chi connectivity index (χ0v) is 11.8. The van der Waals surface area contributed by atoms with Crippen molar-refractivity contribution in [3.8, 4) is 0 Å². The molecule has 0 bridgehead atoms. The molecule has 0 heterocycles. The number of hydrogen-bond donors (Lipinski definition) is 1. The van der Waals surface area contributed by atoms with Crippen LogP contribution in [0.15, 0.2) is 42.5 Å². The Kier molecular flexibility index (Phi) is 4.82. The average molecular weight is 309 g/mol. The van der Waals surface area contributed by atoms with Gasteiger partial charge >= 0.3 is 0 Å². The quantitative estimate of drug-likeness (QED) is 0.942. The van der Waals surface area contributed by atoms with Gasteiger partial charge in [-0.05, 0) is 29.8 Å². The molecule has 2 aromatic rings. The molecular formula is C16H14F3NO2. The van der Waals surface area contributed by atoms with Crippen molar-refractivity contribution < 1.29 is 23.1 Å². The summed E-state index contributed by atoms with van der Waals surface area (Å²) in [6.07, 6.45) is -1.49. The van der Waals surface area contributed by atoms with E-state index in [1.165, 1.54) is 31.3 Å². The van der Waals surface area contributed by atoms with Gasteiger partial charge in [0.2, 0.25) is 5.91 Å². The third-order valence-corrected chi connectivity index (χ3v) is 3.27. The Morgan fingerprint density at radius 2 is 1.86 bits per heavy atom. The van der Waals surface area contributed by atoms with Crippen LogP contribution < -0.4 is 4.90 Å². The summed E-state index contributed by atoms with van der Waals surface area (Å²) in [6, 6.07) is 8.35. The Labute approximate surface area is 125 Å². The van der Waals surface area contributed by atoms with Gasteiger partial charge in [0.1, 0.15) is 5.82 Å². The first-order valence-corrected chi connectivity index (χ1v) is 6.53. The molecule has 1 unspecified atom stereocenters. The van der Waals surface area contributed by atoms with Gasteiger partial charge in [0.05, 0.1) is 12.5 Å². The molecular weight excluding hydrogens is 295 g/mol. The first-order valence-electron chi connectivity index (χ1n) is 6.53. The van der Waals surface area contributed by atoms with Crippen LogP contribution in [0.2, 0.25) is 0 Å². The fraction of sp³-hybridized carbons (Fsp3) is 0.188. The van der Waals surface area contributed by atoms with Gasteiger partial charge in [-0.15, -0.1) is 0 Å². The SMILES string of the molecule is CN(C(=O)CC(O)c1cccc(F)c1)c1ccc(F)c(F)c1. The van der Waals surface area contributed by atoms with E-state index in [-0.39, 0.29) is 17.7 Å². The van der Waals surface area contributed by atoms with E-state index in [0.29, 0.717) is 0 Å². The molecule has 3 nitrogen and oxygen atoms in total. The molecule has 0 saturated heterocycles. The zero-order chi connectivity index (χ0) is 16.3. The molecule has 0 radical (unpaired) electrons. The van der Waals surface area contributed by atoms with E-state index in [2.05, 4.69) is 0 Å². The van der Waals surface area contributed by atoms with Gasteiger partial charge < -0.3 is 10.0 Å². The second-order valence-electron chi connectivity index (χ2n) is 4.83. The molecule has 0 spiro atoms. The lowest BCUT2D eigenvalue weighted by molar-refractivity contribution is -0.120. The molecule has 0 fully saturated rings. The van der Waals surface area contributed by atoms with Crippen molar-refractivity contribution in [3.05, 3.63) is 65.5 Å². The normalized spacial score (nSPS) is 12.0. The van der Waals surface area contributed by atoms with Gasteiger partial charge in [-0.2, -0.15) is 0 Å². The summed E-state index contributed by atoms with van der Waals surface area (Å²) < 4.78 is 39.1. The van der Waals surface area contributed by atoms with Crippen LogP contribution in [0.4, 0.5) is 18.9 Å². The second kappa shape index (κ2) is 6.62. The fourth-order valence-electron chi connectivity index (χ4n) is 1.97. The zero-order valence-electron chi connectivity index (χ0n) is 11.8. The molecule has 2 rings (SSSR count). The standard InChI is InChI=1S/C16H14F3NO2/c1-20(12-5-6-13(18)14(19)8-12)16(22)9-15(21)10-3-2-4-11(17)7-10/h2-8,15,21H,9H2,1H3. The number of aliphatic hydroxyl groups is 1. The monoisotopic (exact) mass is 309 g/mol. The largest absolute Gasteiger partial charge is 0.388 e. The van der Waals surface area contributed by atoms with Crippen LogP contribution in [0, 0.1) is 17.5 Å². The summed E-state index contributed by atoms with van der Waals surface area (Å²) in [5, 5.41) is 9.96. The Morgan fingerprint density at radius 3 is 2.50 bits per heavy atom. The molecule has 6 heteroatoms. The van der Waals surface area contributed by atoms with Crippen LogP contribution in [0.5, 0.6) is 0 Å². The number of aliphatic hydroxyl groups excluding tert-OH is 1. The summed E-state index contributed by atoms with van der Waals surface area (Å²) in [4.78, 5) is 13.2. The maximum absolute atomic E-state index is 13.2. The smallest absolute Gasteiger partial charge is 0.229 e. The van der Waals surface area contributed by atoms with E-state index in [9.17, 15) is 23.1 Å². The van der Waals surface area contributed by atoms with Crippen LogP contribution in [-0.4, -0.2) is 18.1 Å². The van der Waals surface area contributed by atoms with Crippen molar-refractivity contribution in [2.24, 2.45) is 0 Å². The summed E-state index contributed by atoms with van der Waals surface area (Å²) in [5.41, 5.74) is 0.433. The van der Waals surface area contributed by atoms with E-state index in [4.69, 9.17) is 0 Å². The third-order valence-electron chi connectivity index (χ3n) is 3.27. The first-order chi connectivity index (χ1) is 10.4. The van der Waals surface area contributed by atoms with Gasteiger partial charge in [0.15, 0.2) is 11.6 Å². The van der Waals surface area contributed by atoms with Gasteiger partial charge in [0, 0.05) is 18.8 Å². The predicted molar refractivity (Wildman–Crippen MR) is 75.7 cm³/mol. The number of carbonyl (C=O) groups is 1. The van der Waals surface area contributed by atoms with Gasteiger partial charge in [-0.3, -0.25) is 4.79 Å². The molecule has 1 atom stereocenters. The third kappa shape index (κ3) is 3.65. The van der Waals surface area contributed by atoms with Crippen molar-refractivity contribution in [3.63, 3.8) is 0 Å². The number of amides is 1. The maximum Gasteiger partial charge on any atom is 0.229 e. The number of anilines is 1. The van der Waals surface area contributed by atoms with Crippen LogP contribution in [0.25, 0.3) is 0 Å². The van der Waals surface area contributed by atoms with Crippen molar-refractivity contribution >= 4 is 11.6 Å². The Balaban J connectivity index is 2.09. The first kappa shape index (κ1) is 16.0. The topological polar surface area (TPSA) is 40.5 Å². The lowest BCUT2D eigenvalue weighted by Gasteiger charge is -2.19. The van der Waals surface area contributed by atoms with Crippen molar-refractivity contribution in [2.45, 2.75) is 12.5 Å². The van der Waals surface area contributed by atoms with Crippen LogP contribution >= 0.6 is 0 Å². The Hall–Kier alpha value is -2.34. The molecule has 0 aliphatic carbocycles. The molecule has 22 heavy (non-hydrogen) atoms. The molecule has 116 valence electrons. The number of benzene rings is 2. The second-order valence-corrected chi connectivity index (χ2v) is 4.83. The summed E-state index contributed by atoms with van der Waals surface area (Å²) in [5.74, 6) is -3.10. The van der Waals surface area contributed by atoms with Gasteiger partial charge in [-0.25, -0.2) is 13.2 Å². The highest BCUT2D eigenvalue weighted by atomic mass is 19.2. The van der Waals surface area contributed by atoms with Crippen LogP contribution in [0.3, 0.4) is 0 Å². The lowest BCUT2D eigenvalue weighted by atomic mass is 10.1. The van der Waals surface area contributed by atoms with E-state index in [1.54, 1.807) is 0 Å². The molecule has 1 amide bonds. The lowest BCUT2D eigenvalue weighted by Crippen LogP contribution is -2.27. The molecule has 2 aromatic carbocycles. The molecule has 0 saturated carbocycles. The number of carbonyl (C=O) groups excluding carboxylic acids is 1. The summed E-state index contributed by atoms with van der Waals surface area (Å²) in [7, 11) is 1.38. The van der Waals surface area contributed by atoms with Crippen molar-refractivity contribution in [1.82, 2.24) is 0 Å². The molecule has 0 aromatic heterocycles. The minimum atomic E-state index is -1.18. The summed E-state index contributed by atoms with van der Waals surface area (Å²) in [6.45, 7) is 0. The van der Waals surface area contributed by atoms with Crippen LogP contribution in [-0.2, 0) is 4.79 Å². The van der Waals surface area contributed by atoms with Gasteiger partial charge in [0.25, 0.3) is 0 Å². The fourth-order valence-corrected chi connectivity index (χ4v) is 1.97. The highest BCUT2D eigenvalue weighted by Crippen LogP contribution is 2.22.